The van der Waals surface area contributed by atoms with Crippen molar-refractivity contribution in [3.8, 4) is 0 Å². The second kappa shape index (κ2) is 8.46. The largest absolute Gasteiger partial charge is 0.459 e. The molecule has 1 heterocycles. The van der Waals surface area contributed by atoms with Gasteiger partial charge in [-0.15, -0.1) is 11.3 Å². The summed E-state index contributed by atoms with van der Waals surface area (Å²) in [5, 5.41) is 8.58. The summed E-state index contributed by atoms with van der Waals surface area (Å²) in [4.78, 5) is 28.7. The normalized spacial score (nSPS) is 10.5. The number of carbonyl (C=O) groups is 2. The highest BCUT2D eigenvalue weighted by molar-refractivity contribution is 7.13. The fraction of sp³-hybridized carbons (Fsp3) is 0.150. The van der Waals surface area contributed by atoms with Gasteiger partial charge in [0.1, 0.15) is 0 Å². The lowest BCUT2D eigenvalue weighted by Gasteiger charge is -2.10. The number of nitrogens with zero attached hydrogens (tertiary/aromatic N) is 1. The zero-order valence-corrected chi connectivity index (χ0v) is 15.7. The molecule has 2 aromatic carbocycles. The maximum Gasteiger partial charge on any atom is 0.338 e. The zero-order valence-electron chi connectivity index (χ0n) is 14.9. The molecule has 138 valence electrons. The third-order valence-electron chi connectivity index (χ3n) is 3.51. The minimum Gasteiger partial charge on any atom is -0.459 e. The molecule has 0 aliphatic carbocycles. The molecule has 0 unspecified atom stereocenters. The number of hydrogen-bond acceptors (Lipinski definition) is 6. The summed E-state index contributed by atoms with van der Waals surface area (Å²) < 4.78 is 5.18. The van der Waals surface area contributed by atoms with E-state index in [4.69, 9.17) is 4.74 Å². The van der Waals surface area contributed by atoms with Crippen LogP contribution in [0.15, 0.2) is 60.1 Å². The molecular formula is C20H19N3O3S. The summed E-state index contributed by atoms with van der Waals surface area (Å²) in [7, 11) is 0. The van der Waals surface area contributed by atoms with Crippen molar-refractivity contribution in [2.45, 2.75) is 20.0 Å². The molecular weight excluding hydrogens is 362 g/mol. The fourth-order valence-electron chi connectivity index (χ4n) is 2.36. The first-order chi connectivity index (χ1) is 13.0. The Bertz CT molecular complexity index is 939. The van der Waals surface area contributed by atoms with Crippen LogP contribution in [0.4, 0.5) is 16.5 Å². The molecule has 0 aliphatic rings. The predicted molar refractivity (Wildman–Crippen MR) is 107 cm³/mol. The van der Waals surface area contributed by atoms with E-state index < -0.39 is 5.97 Å². The summed E-state index contributed by atoms with van der Waals surface area (Å²) in [6.45, 7) is 3.58. The lowest BCUT2D eigenvalue weighted by molar-refractivity contribution is 0.0378. The Labute approximate surface area is 161 Å². The average Bonchev–Trinajstić information content (AvgIpc) is 3.14. The number of benzene rings is 2. The second-order valence-electron chi connectivity index (χ2n) is 6.03. The van der Waals surface area contributed by atoms with E-state index in [0.717, 1.165) is 10.8 Å². The molecule has 3 rings (SSSR count). The van der Waals surface area contributed by atoms with Gasteiger partial charge in [-0.1, -0.05) is 12.1 Å². The molecule has 0 radical (unpaired) electrons. The van der Waals surface area contributed by atoms with E-state index >= 15 is 0 Å². The third kappa shape index (κ3) is 5.15. The Kier molecular flexibility index (Phi) is 5.83. The second-order valence-corrected chi connectivity index (χ2v) is 6.93. The fourth-order valence-corrected chi connectivity index (χ4v) is 2.91. The Morgan fingerprint density at radius 1 is 1.04 bits per heavy atom. The van der Waals surface area contributed by atoms with Gasteiger partial charge in [-0.3, -0.25) is 4.79 Å². The molecule has 3 aromatic rings. The predicted octanol–water partition coefficient (Wildman–Crippen LogP) is 4.70. The van der Waals surface area contributed by atoms with Crippen LogP contribution in [0.5, 0.6) is 0 Å². The summed E-state index contributed by atoms with van der Waals surface area (Å²) >= 11 is 1.48. The van der Waals surface area contributed by atoms with Crippen LogP contribution in [0.25, 0.3) is 0 Å². The van der Waals surface area contributed by atoms with Gasteiger partial charge in [0.2, 0.25) is 0 Å². The topological polar surface area (TPSA) is 80.3 Å². The summed E-state index contributed by atoms with van der Waals surface area (Å²) in [5.74, 6) is -0.692. The molecule has 0 saturated carbocycles. The van der Waals surface area contributed by atoms with Gasteiger partial charge in [0, 0.05) is 28.5 Å². The Balaban J connectivity index is 1.71. The summed E-state index contributed by atoms with van der Waals surface area (Å²) in [6, 6.07) is 13.8. The van der Waals surface area contributed by atoms with E-state index in [0.29, 0.717) is 16.8 Å². The third-order valence-corrected chi connectivity index (χ3v) is 4.20. The maximum absolute atomic E-state index is 12.6. The van der Waals surface area contributed by atoms with Gasteiger partial charge < -0.3 is 15.4 Å². The van der Waals surface area contributed by atoms with Crippen LogP contribution in [0, 0.1) is 0 Å². The SMILES string of the molecule is CC(C)OC(=O)c1cccc(NC(=O)c2cccc(Nc3nccs3)c2)c1. The van der Waals surface area contributed by atoms with Gasteiger partial charge in [0.25, 0.3) is 5.91 Å². The number of esters is 1. The van der Waals surface area contributed by atoms with Crippen molar-refractivity contribution < 1.29 is 14.3 Å². The van der Waals surface area contributed by atoms with Gasteiger partial charge in [-0.25, -0.2) is 9.78 Å². The maximum atomic E-state index is 12.6. The molecule has 7 heteroatoms. The molecule has 27 heavy (non-hydrogen) atoms. The number of carbonyl (C=O) groups excluding carboxylic acids is 2. The minimum absolute atomic E-state index is 0.205. The number of hydrogen-bond donors (Lipinski definition) is 2. The molecule has 0 bridgehead atoms. The van der Waals surface area contributed by atoms with Crippen molar-refractivity contribution in [1.82, 2.24) is 4.98 Å². The van der Waals surface area contributed by atoms with E-state index in [1.807, 2.05) is 11.4 Å². The van der Waals surface area contributed by atoms with Gasteiger partial charge in [-0.05, 0) is 50.2 Å². The number of aromatic nitrogens is 1. The number of thiazole rings is 1. The Morgan fingerprint density at radius 3 is 2.44 bits per heavy atom. The smallest absolute Gasteiger partial charge is 0.338 e. The lowest BCUT2D eigenvalue weighted by atomic mass is 10.1. The van der Waals surface area contributed by atoms with Crippen LogP contribution in [-0.2, 0) is 4.74 Å². The molecule has 0 atom stereocenters. The summed E-state index contributed by atoms with van der Waals surface area (Å²) in [6.07, 6.45) is 1.50. The molecule has 1 aromatic heterocycles. The number of rotatable bonds is 6. The number of amides is 1. The van der Waals surface area contributed by atoms with E-state index in [2.05, 4.69) is 15.6 Å². The number of anilines is 3. The van der Waals surface area contributed by atoms with E-state index in [-0.39, 0.29) is 12.0 Å². The molecule has 0 spiro atoms. The molecule has 0 saturated heterocycles. The highest BCUT2D eigenvalue weighted by Gasteiger charge is 2.12. The quantitative estimate of drug-likeness (QED) is 0.605. The first-order valence-corrected chi connectivity index (χ1v) is 9.28. The van der Waals surface area contributed by atoms with Crippen LogP contribution < -0.4 is 10.6 Å². The molecule has 0 fully saturated rings. The van der Waals surface area contributed by atoms with Crippen LogP contribution >= 0.6 is 11.3 Å². The first-order valence-electron chi connectivity index (χ1n) is 8.40. The number of nitrogens with one attached hydrogen (secondary N) is 2. The number of ether oxygens (including phenoxy) is 1. The van der Waals surface area contributed by atoms with Gasteiger partial charge in [0.05, 0.1) is 11.7 Å². The first kappa shape index (κ1) is 18.6. The van der Waals surface area contributed by atoms with Crippen molar-refractivity contribution in [2.24, 2.45) is 0 Å². The van der Waals surface area contributed by atoms with E-state index in [1.165, 1.54) is 11.3 Å². The van der Waals surface area contributed by atoms with E-state index in [9.17, 15) is 9.59 Å². The monoisotopic (exact) mass is 381 g/mol. The van der Waals surface area contributed by atoms with Crippen LogP contribution in [0.3, 0.4) is 0 Å². The molecule has 6 nitrogen and oxygen atoms in total. The van der Waals surface area contributed by atoms with Gasteiger partial charge in [0.15, 0.2) is 5.13 Å². The highest BCUT2D eigenvalue weighted by atomic mass is 32.1. The zero-order chi connectivity index (χ0) is 19.2. The highest BCUT2D eigenvalue weighted by Crippen LogP contribution is 2.20. The van der Waals surface area contributed by atoms with Gasteiger partial charge in [-0.2, -0.15) is 0 Å². The molecule has 2 N–H and O–H groups in total. The Hall–Kier alpha value is -3.19. The van der Waals surface area contributed by atoms with Crippen molar-refractivity contribution in [3.63, 3.8) is 0 Å². The standard InChI is InChI=1S/C20H19N3O3S/c1-13(2)26-19(25)15-6-4-7-16(12-15)22-18(24)14-5-3-8-17(11-14)23-20-21-9-10-27-20/h3-13H,1-2H3,(H,21,23)(H,22,24). The summed E-state index contributed by atoms with van der Waals surface area (Å²) in [5.41, 5.74) is 2.18. The minimum atomic E-state index is -0.421. The Morgan fingerprint density at radius 2 is 1.74 bits per heavy atom. The average molecular weight is 381 g/mol. The van der Waals surface area contributed by atoms with Crippen molar-refractivity contribution in [2.75, 3.05) is 10.6 Å². The van der Waals surface area contributed by atoms with E-state index in [1.54, 1.807) is 62.5 Å². The van der Waals surface area contributed by atoms with Crippen molar-refractivity contribution in [1.29, 1.82) is 0 Å². The molecule has 1 amide bonds. The lowest BCUT2D eigenvalue weighted by Crippen LogP contribution is -2.14. The van der Waals surface area contributed by atoms with Crippen molar-refractivity contribution >= 4 is 39.7 Å². The van der Waals surface area contributed by atoms with Crippen molar-refractivity contribution in [3.05, 3.63) is 71.2 Å². The molecule has 0 aliphatic heterocycles. The van der Waals surface area contributed by atoms with Crippen LogP contribution in [-0.4, -0.2) is 23.0 Å². The van der Waals surface area contributed by atoms with Crippen LogP contribution in [0.2, 0.25) is 0 Å². The van der Waals surface area contributed by atoms with Gasteiger partial charge >= 0.3 is 5.97 Å². The van der Waals surface area contributed by atoms with Crippen LogP contribution in [0.1, 0.15) is 34.6 Å².